The molecule has 0 unspecified atom stereocenters. The minimum absolute atomic E-state index is 0.0306. The van der Waals surface area contributed by atoms with E-state index in [0.717, 1.165) is 0 Å². The Labute approximate surface area is 165 Å². The highest BCUT2D eigenvalue weighted by Gasteiger charge is 2.13. The van der Waals surface area contributed by atoms with Gasteiger partial charge in [0.25, 0.3) is 11.8 Å². The lowest BCUT2D eigenvalue weighted by Gasteiger charge is -2.08. The second-order valence-corrected chi connectivity index (χ2v) is 5.91. The van der Waals surface area contributed by atoms with E-state index in [4.69, 9.17) is 0 Å². The molecule has 0 radical (unpaired) electrons. The van der Waals surface area contributed by atoms with Crippen molar-refractivity contribution in [3.63, 3.8) is 0 Å². The lowest BCUT2D eigenvalue weighted by Crippen LogP contribution is -2.17. The fourth-order valence-electron chi connectivity index (χ4n) is 2.44. The Balaban J connectivity index is 1.69. The van der Waals surface area contributed by atoms with Crippen LogP contribution in [0.4, 0.5) is 15.8 Å². The van der Waals surface area contributed by atoms with Crippen LogP contribution in [-0.4, -0.2) is 29.9 Å². The predicted molar refractivity (Wildman–Crippen MR) is 104 cm³/mol. The average Bonchev–Trinajstić information content (AvgIpc) is 2.75. The van der Waals surface area contributed by atoms with Gasteiger partial charge in [0.1, 0.15) is 11.5 Å². The van der Waals surface area contributed by atoms with Crippen molar-refractivity contribution in [1.82, 2.24) is 4.98 Å². The first-order valence-corrected chi connectivity index (χ1v) is 8.49. The molecule has 0 saturated carbocycles. The standard InChI is InChI=1S/C21H16FN3O4/c1-29-21(28)13-2-6-16(7-3-13)24-19(26)14-10-11-23-18(12-14)20(27)25-17-8-4-15(22)5-9-17/h2-12H,1H3,(H,24,26)(H,25,27). The molecule has 146 valence electrons. The molecule has 0 aliphatic rings. The Kier molecular flexibility index (Phi) is 5.94. The summed E-state index contributed by atoms with van der Waals surface area (Å²) >= 11 is 0. The van der Waals surface area contributed by atoms with Crippen molar-refractivity contribution in [3.8, 4) is 0 Å². The molecule has 0 fully saturated rings. The molecule has 0 saturated heterocycles. The first-order valence-electron chi connectivity index (χ1n) is 8.49. The first-order chi connectivity index (χ1) is 14.0. The monoisotopic (exact) mass is 393 g/mol. The van der Waals surface area contributed by atoms with Crippen LogP contribution in [0.3, 0.4) is 0 Å². The third-order valence-corrected chi connectivity index (χ3v) is 3.92. The van der Waals surface area contributed by atoms with Crippen LogP contribution >= 0.6 is 0 Å². The molecule has 8 heteroatoms. The molecule has 0 aliphatic carbocycles. The van der Waals surface area contributed by atoms with Crippen molar-refractivity contribution < 1.29 is 23.5 Å². The van der Waals surface area contributed by atoms with Gasteiger partial charge in [-0.05, 0) is 60.7 Å². The lowest BCUT2D eigenvalue weighted by molar-refractivity contribution is 0.0600. The average molecular weight is 393 g/mol. The Hall–Kier alpha value is -4.07. The van der Waals surface area contributed by atoms with E-state index >= 15 is 0 Å². The number of halogens is 1. The van der Waals surface area contributed by atoms with E-state index in [-0.39, 0.29) is 11.3 Å². The van der Waals surface area contributed by atoms with Crippen molar-refractivity contribution in [2.75, 3.05) is 17.7 Å². The maximum Gasteiger partial charge on any atom is 0.337 e. The number of anilines is 2. The molecule has 3 aromatic rings. The van der Waals surface area contributed by atoms with Gasteiger partial charge in [-0.2, -0.15) is 0 Å². The molecule has 2 aromatic carbocycles. The van der Waals surface area contributed by atoms with E-state index < -0.39 is 23.6 Å². The second-order valence-electron chi connectivity index (χ2n) is 5.91. The van der Waals surface area contributed by atoms with Crippen molar-refractivity contribution in [3.05, 3.63) is 89.5 Å². The minimum Gasteiger partial charge on any atom is -0.465 e. The Morgan fingerprint density at radius 2 is 1.41 bits per heavy atom. The lowest BCUT2D eigenvalue weighted by atomic mass is 10.1. The van der Waals surface area contributed by atoms with Crippen LogP contribution in [0.1, 0.15) is 31.2 Å². The number of benzene rings is 2. The normalized spacial score (nSPS) is 10.1. The van der Waals surface area contributed by atoms with Gasteiger partial charge in [0.15, 0.2) is 0 Å². The number of ether oxygens (including phenoxy) is 1. The van der Waals surface area contributed by atoms with E-state index in [2.05, 4.69) is 20.4 Å². The zero-order valence-corrected chi connectivity index (χ0v) is 15.3. The quantitative estimate of drug-likeness (QED) is 0.647. The summed E-state index contributed by atoms with van der Waals surface area (Å²) in [5, 5.41) is 5.25. The number of esters is 1. The summed E-state index contributed by atoms with van der Waals surface area (Å²) in [7, 11) is 1.28. The molecule has 29 heavy (non-hydrogen) atoms. The number of hydrogen-bond acceptors (Lipinski definition) is 5. The highest BCUT2D eigenvalue weighted by molar-refractivity contribution is 6.08. The maximum absolute atomic E-state index is 13.0. The smallest absolute Gasteiger partial charge is 0.337 e. The number of nitrogens with zero attached hydrogens (tertiary/aromatic N) is 1. The fraction of sp³-hybridized carbons (Fsp3) is 0.0476. The topological polar surface area (TPSA) is 97.4 Å². The number of pyridine rings is 1. The van der Waals surface area contributed by atoms with E-state index in [1.54, 1.807) is 12.1 Å². The van der Waals surface area contributed by atoms with Gasteiger partial charge in [-0.25, -0.2) is 9.18 Å². The predicted octanol–water partition coefficient (Wildman–Crippen LogP) is 3.51. The van der Waals surface area contributed by atoms with Crippen LogP contribution < -0.4 is 10.6 Å². The summed E-state index contributed by atoms with van der Waals surface area (Å²) in [6, 6.07) is 14.3. The zero-order chi connectivity index (χ0) is 20.8. The van der Waals surface area contributed by atoms with E-state index in [9.17, 15) is 18.8 Å². The van der Waals surface area contributed by atoms with Gasteiger partial charge in [-0.15, -0.1) is 0 Å². The first kappa shape index (κ1) is 19.7. The number of hydrogen-bond donors (Lipinski definition) is 2. The molecule has 3 rings (SSSR count). The van der Waals surface area contributed by atoms with Gasteiger partial charge in [0.2, 0.25) is 0 Å². The third-order valence-electron chi connectivity index (χ3n) is 3.92. The summed E-state index contributed by atoms with van der Waals surface area (Å²) in [4.78, 5) is 40.2. The molecular formula is C21H16FN3O4. The number of carbonyl (C=O) groups excluding carboxylic acids is 3. The summed E-state index contributed by atoms with van der Waals surface area (Å²) < 4.78 is 17.6. The molecule has 0 bridgehead atoms. The van der Waals surface area contributed by atoms with Crippen molar-refractivity contribution >= 4 is 29.2 Å². The Morgan fingerprint density at radius 3 is 2.03 bits per heavy atom. The van der Waals surface area contributed by atoms with Gasteiger partial charge in [-0.1, -0.05) is 0 Å². The maximum atomic E-state index is 13.0. The Morgan fingerprint density at radius 1 is 0.828 bits per heavy atom. The van der Waals surface area contributed by atoms with Gasteiger partial charge in [-0.3, -0.25) is 14.6 Å². The number of nitrogens with one attached hydrogen (secondary N) is 2. The second kappa shape index (κ2) is 8.75. The largest absolute Gasteiger partial charge is 0.465 e. The number of methoxy groups -OCH3 is 1. The van der Waals surface area contributed by atoms with Gasteiger partial charge >= 0.3 is 5.97 Å². The molecule has 2 amide bonds. The van der Waals surface area contributed by atoms with E-state index in [1.807, 2.05) is 0 Å². The molecule has 1 heterocycles. The summed E-state index contributed by atoms with van der Waals surface area (Å²) in [5.41, 5.74) is 1.48. The molecule has 0 atom stereocenters. The van der Waals surface area contributed by atoms with Crippen molar-refractivity contribution in [2.24, 2.45) is 0 Å². The van der Waals surface area contributed by atoms with Crippen molar-refractivity contribution in [1.29, 1.82) is 0 Å². The summed E-state index contributed by atoms with van der Waals surface area (Å²) in [6.45, 7) is 0. The van der Waals surface area contributed by atoms with Crippen LogP contribution in [0.5, 0.6) is 0 Å². The zero-order valence-electron chi connectivity index (χ0n) is 15.3. The van der Waals surface area contributed by atoms with Crippen LogP contribution in [0.25, 0.3) is 0 Å². The highest BCUT2D eigenvalue weighted by atomic mass is 19.1. The van der Waals surface area contributed by atoms with Crippen LogP contribution in [-0.2, 0) is 4.74 Å². The third kappa shape index (κ3) is 5.01. The summed E-state index contributed by atoms with van der Waals surface area (Å²) in [6.07, 6.45) is 1.34. The molecule has 2 N–H and O–H groups in total. The van der Waals surface area contributed by atoms with E-state index in [1.165, 1.54) is 61.8 Å². The molecular weight excluding hydrogens is 377 g/mol. The molecule has 0 spiro atoms. The SMILES string of the molecule is COC(=O)c1ccc(NC(=O)c2ccnc(C(=O)Nc3ccc(F)cc3)c2)cc1. The number of rotatable bonds is 5. The van der Waals surface area contributed by atoms with Crippen LogP contribution in [0.2, 0.25) is 0 Å². The van der Waals surface area contributed by atoms with Gasteiger partial charge in [0, 0.05) is 23.1 Å². The van der Waals surface area contributed by atoms with Gasteiger partial charge < -0.3 is 15.4 Å². The van der Waals surface area contributed by atoms with E-state index in [0.29, 0.717) is 16.9 Å². The summed E-state index contributed by atoms with van der Waals surface area (Å²) in [5.74, 6) is -1.88. The Bertz CT molecular complexity index is 1050. The van der Waals surface area contributed by atoms with Crippen LogP contribution in [0, 0.1) is 5.82 Å². The molecule has 1 aromatic heterocycles. The molecule has 7 nitrogen and oxygen atoms in total. The van der Waals surface area contributed by atoms with Crippen LogP contribution in [0.15, 0.2) is 66.9 Å². The highest BCUT2D eigenvalue weighted by Crippen LogP contribution is 2.14. The number of carbonyl (C=O) groups is 3. The number of aromatic nitrogens is 1. The van der Waals surface area contributed by atoms with Gasteiger partial charge in [0.05, 0.1) is 12.7 Å². The molecule has 0 aliphatic heterocycles. The number of amides is 2. The fourth-order valence-corrected chi connectivity index (χ4v) is 2.44. The van der Waals surface area contributed by atoms with Crippen molar-refractivity contribution in [2.45, 2.75) is 0 Å². The minimum atomic E-state index is -0.534.